The van der Waals surface area contributed by atoms with E-state index in [9.17, 15) is 0 Å². The van der Waals surface area contributed by atoms with Crippen LogP contribution in [0.15, 0.2) is 27.3 Å². The van der Waals surface area contributed by atoms with Crippen molar-refractivity contribution >= 4 is 56.6 Å². The molecule has 0 amide bonds. The predicted octanol–water partition coefficient (Wildman–Crippen LogP) is 4.23. The third kappa shape index (κ3) is 4.05. The van der Waals surface area contributed by atoms with Crippen LogP contribution >= 0.6 is 50.7 Å². The Kier molecular flexibility index (Phi) is 5.02. The first-order valence-corrected chi connectivity index (χ1v) is 5.58. The van der Waals surface area contributed by atoms with Crippen molar-refractivity contribution in [2.24, 2.45) is 0 Å². The van der Waals surface area contributed by atoms with Gasteiger partial charge in [0.2, 0.25) is 0 Å². The fraction of sp³-hybridized carbons (Fsp3) is 0.125. The minimum Gasteiger partial charge on any atom is -0.365 e. The van der Waals surface area contributed by atoms with E-state index in [1.807, 2.05) is 0 Å². The van der Waals surface area contributed by atoms with Gasteiger partial charge in [-0.3, -0.25) is 0 Å². The SMILES string of the molecule is ClC(Cl)=CCNc1ncc(Br)cc1Cl. The zero-order valence-electron chi connectivity index (χ0n) is 6.90. The lowest BCUT2D eigenvalue weighted by atomic mass is 10.4. The first-order chi connectivity index (χ1) is 6.59. The summed E-state index contributed by atoms with van der Waals surface area (Å²) in [5.74, 6) is 0.598. The number of hydrogen-bond donors (Lipinski definition) is 1. The van der Waals surface area contributed by atoms with Crippen LogP contribution in [0.25, 0.3) is 0 Å². The zero-order chi connectivity index (χ0) is 10.6. The summed E-state index contributed by atoms with van der Waals surface area (Å²) in [4.78, 5) is 4.07. The molecule has 0 aromatic carbocycles. The number of rotatable bonds is 3. The molecule has 0 atom stereocenters. The van der Waals surface area contributed by atoms with Gasteiger partial charge in [-0.1, -0.05) is 34.8 Å². The van der Waals surface area contributed by atoms with Gasteiger partial charge in [-0.25, -0.2) is 4.98 Å². The molecule has 0 saturated heterocycles. The van der Waals surface area contributed by atoms with Crippen molar-refractivity contribution in [2.75, 3.05) is 11.9 Å². The number of nitrogens with one attached hydrogen (secondary N) is 1. The van der Waals surface area contributed by atoms with Gasteiger partial charge in [0.25, 0.3) is 0 Å². The molecule has 0 aliphatic carbocycles. The van der Waals surface area contributed by atoms with E-state index in [0.29, 0.717) is 17.4 Å². The van der Waals surface area contributed by atoms with Gasteiger partial charge in [-0.15, -0.1) is 0 Å². The Morgan fingerprint density at radius 2 is 2.29 bits per heavy atom. The molecule has 0 fully saturated rings. The summed E-state index contributed by atoms with van der Waals surface area (Å²) in [5, 5.41) is 3.50. The van der Waals surface area contributed by atoms with Crippen LogP contribution in [0.5, 0.6) is 0 Å². The maximum Gasteiger partial charge on any atom is 0.145 e. The average Bonchev–Trinajstić information content (AvgIpc) is 2.08. The van der Waals surface area contributed by atoms with Crippen LogP contribution in [0.2, 0.25) is 5.02 Å². The highest BCUT2D eigenvalue weighted by molar-refractivity contribution is 9.10. The second-order valence-electron chi connectivity index (χ2n) is 2.36. The lowest BCUT2D eigenvalue weighted by Gasteiger charge is -2.04. The summed E-state index contributed by atoms with van der Waals surface area (Å²) in [6.45, 7) is 0.483. The predicted molar refractivity (Wildman–Crippen MR) is 65.2 cm³/mol. The number of anilines is 1. The van der Waals surface area contributed by atoms with Crippen LogP contribution < -0.4 is 5.32 Å². The van der Waals surface area contributed by atoms with Crippen molar-refractivity contribution in [1.82, 2.24) is 4.98 Å². The summed E-state index contributed by atoms with van der Waals surface area (Å²) >= 11 is 20.0. The van der Waals surface area contributed by atoms with Crippen LogP contribution in [0.3, 0.4) is 0 Å². The molecule has 0 unspecified atom stereocenters. The number of aromatic nitrogens is 1. The van der Waals surface area contributed by atoms with Gasteiger partial charge >= 0.3 is 0 Å². The van der Waals surface area contributed by atoms with Gasteiger partial charge in [0, 0.05) is 17.2 Å². The van der Waals surface area contributed by atoms with Crippen LogP contribution in [-0.2, 0) is 0 Å². The molecule has 0 aliphatic heterocycles. The third-order valence-corrected chi connectivity index (χ3v) is 2.36. The van der Waals surface area contributed by atoms with E-state index in [1.165, 1.54) is 0 Å². The van der Waals surface area contributed by atoms with Crippen molar-refractivity contribution in [2.45, 2.75) is 0 Å². The number of hydrogen-bond acceptors (Lipinski definition) is 2. The van der Waals surface area contributed by atoms with Gasteiger partial charge in [-0.2, -0.15) is 0 Å². The molecule has 76 valence electrons. The normalized spacial score (nSPS) is 9.71. The third-order valence-electron chi connectivity index (χ3n) is 1.33. The Morgan fingerprint density at radius 1 is 1.57 bits per heavy atom. The van der Waals surface area contributed by atoms with E-state index in [0.717, 1.165) is 4.47 Å². The largest absolute Gasteiger partial charge is 0.365 e. The smallest absolute Gasteiger partial charge is 0.145 e. The molecule has 0 spiro atoms. The molecule has 6 heteroatoms. The lowest BCUT2D eigenvalue weighted by Crippen LogP contribution is -2.01. The highest BCUT2D eigenvalue weighted by atomic mass is 79.9. The Labute approximate surface area is 105 Å². The molecule has 0 bridgehead atoms. The first kappa shape index (κ1) is 12.1. The summed E-state index contributed by atoms with van der Waals surface area (Å²) < 4.78 is 1.05. The van der Waals surface area contributed by atoms with Crippen LogP contribution in [0, 0.1) is 0 Å². The zero-order valence-corrected chi connectivity index (χ0v) is 10.8. The van der Waals surface area contributed by atoms with E-state index in [4.69, 9.17) is 34.8 Å². The monoisotopic (exact) mass is 314 g/mol. The molecule has 14 heavy (non-hydrogen) atoms. The molecule has 2 nitrogen and oxygen atoms in total. The van der Waals surface area contributed by atoms with Crippen LogP contribution in [-0.4, -0.2) is 11.5 Å². The fourth-order valence-electron chi connectivity index (χ4n) is 0.770. The topological polar surface area (TPSA) is 24.9 Å². The maximum atomic E-state index is 5.90. The molecule has 1 aromatic heterocycles. The molecule has 0 radical (unpaired) electrons. The minimum atomic E-state index is 0.214. The molecular formula is C8H6BrCl3N2. The van der Waals surface area contributed by atoms with Crippen molar-refractivity contribution in [1.29, 1.82) is 0 Å². The molecule has 1 aromatic rings. The second-order valence-corrected chi connectivity index (χ2v) is 4.69. The molecule has 1 heterocycles. The quantitative estimate of drug-likeness (QED) is 0.903. The Morgan fingerprint density at radius 3 is 2.86 bits per heavy atom. The Bertz CT molecular complexity index is 350. The first-order valence-electron chi connectivity index (χ1n) is 3.65. The van der Waals surface area contributed by atoms with Crippen molar-refractivity contribution < 1.29 is 0 Å². The molecular weight excluding hydrogens is 310 g/mol. The number of halogens is 4. The summed E-state index contributed by atoms with van der Waals surface area (Å²) in [6, 6.07) is 1.75. The highest BCUT2D eigenvalue weighted by Gasteiger charge is 2.00. The van der Waals surface area contributed by atoms with E-state index in [-0.39, 0.29) is 4.49 Å². The fourth-order valence-corrected chi connectivity index (χ4v) is 1.62. The van der Waals surface area contributed by atoms with Gasteiger partial charge in [-0.05, 0) is 28.1 Å². The van der Waals surface area contributed by atoms with Crippen LogP contribution in [0.1, 0.15) is 0 Å². The molecule has 1 N–H and O–H groups in total. The molecule has 0 aliphatic rings. The Hall–Kier alpha value is 0.0400. The number of pyridine rings is 1. The second kappa shape index (κ2) is 5.81. The van der Waals surface area contributed by atoms with E-state index in [2.05, 4.69) is 26.2 Å². The van der Waals surface area contributed by atoms with Gasteiger partial charge < -0.3 is 5.32 Å². The van der Waals surface area contributed by atoms with E-state index < -0.39 is 0 Å². The molecule has 1 rings (SSSR count). The van der Waals surface area contributed by atoms with Crippen LogP contribution in [0.4, 0.5) is 5.82 Å². The molecule has 0 saturated carbocycles. The highest BCUT2D eigenvalue weighted by Crippen LogP contribution is 2.22. The average molecular weight is 316 g/mol. The summed E-state index contributed by atoms with van der Waals surface area (Å²) in [6.07, 6.45) is 3.27. The summed E-state index contributed by atoms with van der Waals surface area (Å²) in [5.41, 5.74) is 0. The van der Waals surface area contributed by atoms with Gasteiger partial charge in [0.1, 0.15) is 10.3 Å². The lowest BCUT2D eigenvalue weighted by molar-refractivity contribution is 1.22. The standard InChI is InChI=1S/C8H6BrCl3N2/c9-5-3-6(10)8(14-4-5)13-2-1-7(11)12/h1,3-4H,2H2,(H,13,14). The minimum absolute atomic E-state index is 0.214. The number of nitrogens with zero attached hydrogens (tertiary/aromatic N) is 1. The van der Waals surface area contributed by atoms with Crippen molar-refractivity contribution in [3.8, 4) is 0 Å². The van der Waals surface area contributed by atoms with E-state index >= 15 is 0 Å². The maximum absolute atomic E-state index is 5.90. The van der Waals surface area contributed by atoms with Gasteiger partial charge in [0.05, 0.1) is 5.02 Å². The van der Waals surface area contributed by atoms with Crippen molar-refractivity contribution in [3.05, 3.63) is 32.3 Å². The van der Waals surface area contributed by atoms with Gasteiger partial charge in [0.15, 0.2) is 0 Å². The Balaban J connectivity index is 2.64. The van der Waals surface area contributed by atoms with Crippen molar-refractivity contribution in [3.63, 3.8) is 0 Å². The summed E-state index contributed by atoms with van der Waals surface area (Å²) in [7, 11) is 0. The van der Waals surface area contributed by atoms with E-state index in [1.54, 1.807) is 18.3 Å².